The van der Waals surface area contributed by atoms with Crippen molar-refractivity contribution in [2.75, 3.05) is 19.0 Å². The summed E-state index contributed by atoms with van der Waals surface area (Å²) in [6.07, 6.45) is 0.281. The number of nitrogens with one attached hydrogen (secondary N) is 1. The van der Waals surface area contributed by atoms with E-state index >= 15 is 0 Å². The fraction of sp³-hybridized carbons (Fsp3) is 0.214. The van der Waals surface area contributed by atoms with Crippen LogP contribution in [0.1, 0.15) is 6.42 Å². The van der Waals surface area contributed by atoms with Crippen molar-refractivity contribution >= 4 is 28.8 Å². The molecule has 3 aromatic heterocycles. The molecular weight excluding hydrogens is 288 g/mol. The van der Waals surface area contributed by atoms with Crippen LogP contribution in [-0.4, -0.2) is 34.2 Å². The highest BCUT2D eigenvalue weighted by atomic mass is 32.1. The Balaban J connectivity index is 1.90. The molecule has 0 atom stereocenters. The lowest BCUT2D eigenvalue weighted by Crippen LogP contribution is -2.14. The maximum Gasteiger partial charge on any atom is 0.249 e. The molecule has 1 N–H and O–H groups in total. The van der Waals surface area contributed by atoms with Gasteiger partial charge in [-0.15, -0.1) is 5.10 Å². The number of carbonyl (C=O) groups is 1. The van der Waals surface area contributed by atoms with E-state index in [-0.39, 0.29) is 12.3 Å². The van der Waals surface area contributed by atoms with Crippen LogP contribution in [0.4, 0.5) is 5.95 Å². The topological polar surface area (TPSA) is 68.5 Å². The fourth-order valence-corrected chi connectivity index (χ4v) is 2.62. The molecule has 0 unspecified atom stereocenters. The van der Waals surface area contributed by atoms with Crippen LogP contribution in [0.25, 0.3) is 16.9 Å². The molecule has 108 valence electrons. The van der Waals surface area contributed by atoms with E-state index in [4.69, 9.17) is 4.74 Å². The number of methoxy groups -OCH3 is 1. The minimum atomic E-state index is -0.162. The summed E-state index contributed by atoms with van der Waals surface area (Å²) in [5.41, 5.74) is 2.71. The number of thiophene rings is 1. The maximum absolute atomic E-state index is 11.7. The molecule has 0 radical (unpaired) electrons. The molecule has 0 aliphatic heterocycles. The van der Waals surface area contributed by atoms with Crippen LogP contribution in [0.2, 0.25) is 0 Å². The average Bonchev–Trinajstić information content (AvgIpc) is 3.13. The lowest BCUT2D eigenvalue weighted by atomic mass is 10.2. The Bertz CT molecular complexity index is 752. The van der Waals surface area contributed by atoms with Crippen LogP contribution in [0, 0.1) is 0 Å². The molecule has 0 spiro atoms. The van der Waals surface area contributed by atoms with Gasteiger partial charge in [0.1, 0.15) is 0 Å². The predicted molar refractivity (Wildman–Crippen MR) is 81.4 cm³/mol. The number of hydrogen-bond donors (Lipinski definition) is 1. The second-order valence-corrected chi connectivity index (χ2v) is 5.20. The molecule has 3 heterocycles. The van der Waals surface area contributed by atoms with Crippen LogP contribution in [-0.2, 0) is 9.53 Å². The molecule has 1 amide bonds. The van der Waals surface area contributed by atoms with Gasteiger partial charge in [0, 0.05) is 18.1 Å². The van der Waals surface area contributed by atoms with Crippen molar-refractivity contribution in [3.63, 3.8) is 0 Å². The number of rotatable bonds is 5. The smallest absolute Gasteiger partial charge is 0.249 e. The number of fused-ring (bicyclic) bond motifs is 1. The highest BCUT2D eigenvalue weighted by Gasteiger charge is 2.11. The van der Waals surface area contributed by atoms with Crippen molar-refractivity contribution in [1.29, 1.82) is 0 Å². The van der Waals surface area contributed by atoms with Gasteiger partial charge in [-0.05, 0) is 23.6 Å². The van der Waals surface area contributed by atoms with Gasteiger partial charge < -0.3 is 4.74 Å². The van der Waals surface area contributed by atoms with Crippen molar-refractivity contribution in [1.82, 2.24) is 14.6 Å². The standard InChI is InChI=1S/C14H14N4O2S/c1-20-7-5-13(19)16-14-15-12-4-2-3-11(18(12)17-14)10-6-8-21-9-10/h2-4,6,8-9H,5,7H2,1H3,(H,16,17,19). The molecule has 6 nitrogen and oxygen atoms in total. The number of nitrogens with zero attached hydrogens (tertiary/aromatic N) is 3. The van der Waals surface area contributed by atoms with Gasteiger partial charge >= 0.3 is 0 Å². The summed E-state index contributed by atoms with van der Waals surface area (Å²) in [6, 6.07) is 7.78. The van der Waals surface area contributed by atoms with E-state index in [1.54, 1.807) is 23.0 Å². The first-order valence-corrected chi connectivity index (χ1v) is 7.39. The minimum Gasteiger partial charge on any atom is -0.384 e. The lowest BCUT2D eigenvalue weighted by molar-refractivity contribution is -0.117. The van der Waals surface area contributed by atoms with Crippen molar-refractivity contribution in [3.05, 3.63) is 35.0 Å². The quantitative estimate of drug-likeness (QED) is 0.786. The van der Waals surface area contributed by atoms with E-state index in [1.807, 2.05) is 35.0 Å². The Hall–Kier alpha value is -2.25. The number of amides is 1. The van der Waals surface area contributed by atoms with Gasteiger partial charge in [-0.2, -0.15) is 16.3 Å². The molecule has 0 fully saturated rings. The Morgan fingerprint density at radius 1 is 1.43 bits per heavy atom. The normalized spacial score (nSPS) is 10.9. The first-order valence-electron chi connectivity index (χ1n) is 6.45. The first kappa shape index (κ1) is 13.7. The van der Waals surface area contributed by atoms with Crippen molar-refractivity contribution < 1.29 is 9.53 Å². The van der Waals surface area contributed by atoms with Gasteiger partial charge in [0.25, 0.3) is 0 Å². The lowest BCUT2D eigenvalue weighted by Gasteiger charge is -2.00. The molecular formula is C14H14N4O2S. The van der Waals surface area contributed by atoms with Gasteiger partial charge in [-0.3, -0.25) is 10.1 Å². The highest BCUT2D eigenvalue weighted by Crippen LogP contribution is 2.23. The fourth-order valence-electron chi connectivity index (χ4n) is 1.97. The average molecular weight is 302 g/mol. The minimum absolute atomic E-state index is 0.162. The molecule has 0 aromatic carbocycles. The number of pyridine rings is 1. The molecule has 3 aromatic rings. The zero-order chi connectivity index (χ0) is 14.7. The molecule has 0 saturated heterocycles. The van der Waals surface area contributed by atoms with Crippen molar-refractivity contribution in [2.24, 2.45) is 0 Å². The third-order valence-electron chi connectivity index (χ3n) is 2.96. The molecule has 0 bridgehead atoms. The SMILES string of the molecule is COCCC(=O)Nc1nc2cccc(-c3ccsc3)n2n1. The van der Waals surface area contributed by atoms with E-state index in [2.05, 4.69) is 15.4 Å². The number of carbonyl (C=O) groups excluding carboxylic acids is 1. The number of anilines is 1. The second-order valence-electron chi connectivity index (χ2n) is 4.42. The van der Waals surface area contributed by atoms with E-state index < -0.39 is 0 Å². The molecule has 0 saturated carbocycles. The van der Waals surface area contributed by atoms with Gasteiger partial charge in [0.2, 0.25) is 11.9 Å². The Morgan fingerprint density at radius 3 is 3.10 bits per heavy atom. The summed E-state index contributed by atoms with van der Waals surface area (Å²) < 4.78 is 6.60. The van der Waals surface area contributed by atoms with Crippen LogP contribution in [0.5, 0.6) is 0 Å². The second kappa shape index (κ2) is 6.02. The van der Waals surface area contributed by atoms with Crippen molar-refractivity contribution in [3.8, 4) is 11.3 Å². The van der Waals surface area contributed by atoms with Crippen LogP contribution in [0.15, 0.2) is 35.0 Å². The summed E-state index contributed by atoms with van der Waals surface area (Å²) in [5, 5.41) is 11.1. The molecule has 0 aliphatic rings. The van der Waals surface area contributed by atoms with Gasteiger partial charge in [-0.1, -0.05) is 6.07 Å². The zero-order valence-corrected chi connectivity index (χ0v) is 12.3. The maximum atomic E-state index is 11.7. The predicted octanol–water partition coefficient (Wildman–Crippen LogP) is 2.43. The van der Waals surface area contributed by atoms with Gasteiger partial charge in [0.05, 0.1) is 18.7 Å². The summed E-state index contributed by atoms with van der Waals surface area (Å²) in [7, 11) is 1.56. The molecule has 21 heavy (non-hydrogen) atoms. The first-order chi connectivity index (χ1) is 10.3. The van der Waals surface area contributed by atoms with Crippen LogP contribution >= 0.6 is 11.3 Å². The number of hydrogen-bond acceptors (Lipinski definition) is 5. The third-order valence-corrected chi connectivity index (χ3v) is 3.64. The number of aromatic nitrogens is 3. The van der Waals surface area contributed by atoms with E-state index in [0.717, 1.165) is 11.3 Å². The van der Waals surface area contributed by atoms with Gasteiger partial charge in [0.15, 0.2) is 5.65 Å². The number of ether oxygens (including phenoxy) is 1. The monoisotopic (exact) mass is 302 g/mol. The Kier molecular flexibility index (Phi) is 3.94. The molecule has 3 rings (SSSR count). The van der Waals surface area contributed by atoms with Crippen molar-refractivity contribution in [2.45, 2.75) is 6.42 Å². The highest BCUT2D eigenvalue weighted by molar-refractivity contribution is 7.08. The third kappa shape index (κ3) is 2.93. The summed E-state index contributed by atoms with van der Waals surface area (Å²) >= 11 is 1.62. The van der Waals surface area contributed by atoms with E-state index in [1.165, 1.54) is 0 Å². The summed E-state index contributed by atoms with van der Waals surface area (Å²) in [6.45, 7) is 0.374. The summed E-state index contributed by atoms with van der Waals surface area (Å²) in [5.74, 6) is 0.142. The van der Waals surface area contributed by atoms with Gasteiger partial charge in [-0.25, -0.2) is 4.52 Å². The Morgan fingerprint density at radius 2 is 2.33 bits per heavy atom. The van der Waals surface area contributed by atoms with Crippen LogP contribution < -0.4 is 5.32 Å². The summed E-state index contributed by atoms with van der Waals surface area (Å²) in [4.78, 5) is 16.0. The Labute approximate surface area is 125 Å². The van der Waals surface area contributed by atoms with Crippen LogP contribution in [0.3, 0.4) is 0 Å². The zero-order valence-electron chi connectivity index (χ0n) is 11.4. The van der Waals surface area contributed by atoms with E-state index in [9.17, 15) is 4.79 Å². The largest absolute Gasteiger partial charge is 0.384 e. The molecule has 7 heteroatoms. The molecule has 0 aliphatic carbocycles. The van der Waals surface area contributed by atoms with E-state index in [0.29, 0.717) is 18.2 Å².